The maximum Gasteiger partial charge on any atom is 0.501 e. The van der Waals surface area contributed by atoms with E-state index >= 15 is 0 Å². The zero-order valence-electron chi connectivity index (χ0n) is 24.1. The van der Waals surface area contributed by atoms with Gasteiger partial charge in [-0.25, -0.2) is 26.8 Å². The normalized spacial score (nSPS) is 15.5. The van der Waals surface area contributed by atoms with Crippen molar-refractivity contribution in [2.75, 3.05) is 48.6 Å². The quantitative estimate of drug-likeness (QED) is 0.172. The van der Waals surface area contributed by atoms with Crippen molar-refractivity contribution < 1.29 is 34.7 Å². The highest BCUT2D eigenvalue weighted by molar-refractivity contribution is 9.10. The SMILES string of the molecule is O=S(=O)(Nc1ncnc2cc(Br)ccc12)c1ccc(N[C@H](CCN2CCOCC2)CSc2ccccc2)c(S(=O)(=O)C(F)(F)F)c1. The smallest absolute Gasteiger partial charge is 0.380 e. The number of morpholine rings is 1. The molecule has 0 radical (unpaired) electrons. The Morgan fingerprint density at radius 1 is 0.978 bits per heavy atom. The number of thioether (sulfide) groups is 1. The Morgan fingerprint density at radius 2 is 1.72 bits per heavy atom. The Hall–Kier alpha value is -2.96. The molecule has 1 aliphatic rings. The molecule has 0 spiro atoms. The molecule has 0 unspecified atom stereocenters. The van der Waals surface area contributed by atoms with Crippen LogP contribution in [0.4, 0.5) is 24.7 Å². The molecule has 4 aromatic rings. The van der Waals surface area contributed by atoms with Gasteiger partial charge in [-0.15, -0.1) is 11.8 Å². The van der Waals surface area contributed by atoms with E-state index in [1.165, 1.54) is 11.8 Å². The van der Waals surface area contributed by atoms with Gasteiger partial charge in [-0.1, -0.05) is 34.1 Å². The number of fused-ring (bicyclic) bond motifs is 1. The summed E-state index contributed by atoms with van der Waals surface area (Å²) in [7, 11) is -10.6. The van der Waals surface area contributed by atoms with E-state index in [4.69, 9.17) is 4.74 Å². The third-order valence-corrected chi connectivity index (χ3v) is 11.7. The first kappa shape index (κ1) is 34.4. The van der Waals surface area contributed by atoms with Crippen LogP contribution in [-0.4, -0.2) is 81.9 Å². The monoisotopic (exact) mass is 759 g/mol. The predicted molar refractivity (Wildman–Crippen MR) is 174 cm³/mol. The molecule has 5 rings (SSSR count). The molecule has 1 saturated heterocycles. The fourth-order valence-corrected chi connectivity index (χ4v) is 8.15. The van der Waals surface area contributed by atoms with Gasteiger partial charge in [-0.2, -0.15) is 13.2 Å². The average molecular weight is 761 g/mol. The Bertz CT molecular complexity index is 1900. The van der Waals surface area contributed by atoms with Crippen LogP contribution in [0, 0.1) is 0 Å². The molecule has 46 heavy (non-hydrogen) atoms. The fourth-order valence-electron chi connectivity index (χ4n) is 4.73. The van der Waals surface area contributed by atoms with E-state index in [2.05, 4.69) is 40.8 Å². The zero-order chi connectivity index (χ0) is 33.0. The van der Waals surface area contributed by atoms with Crippen molar-refractivity contribution in [2.24, 2.45) is 0 Å². The van der Waals surface area contributed by atoms with Crippen molar-refractivity contribution in [1.82, 2.24) is 14.9 Å². The number of nitrogens with zero attached hydrogens (tertiary/aromatic N) is 3. The number of anilines is 2. The first-order valence-corrected chi connectivity index (χ1v) is 18.7. The van der Waals surface area contributed by atoms with E-state index in [-0.39, 0.29) is 11.5 Å². The van der Waals surface area contributed by atoms with Crippen molar-refractivity contribution in [1.29, 1.82) is 0 Å². The lowest BCUT2D eigenvalue weighted by molar-refractivity contribution is -0.0435. The molecule has 2 heterocycles. The third kappa shape index (κ3) is 8.30. The third-order valence-electron chi connectivity index (χ3n) is 7.14. The molecule has 1 aromatic heterocycles. The lowest BCUT2D eigenvalue weighted by atomic mass is 10.2. The summed E-state index contributed by atoms with van der Waals surface area (Å²) >= 11 is 4.78. The van der Waals surface area contributed by atoms with Crippen LogP contribution in [0.3, 0.4) is 0 Å². The number of benzene rings is 3. The summed E-state index contributed by atoms with van der Waals surface area (Å²) in [6.45, 7) is 3.13. The van der Waals surface area contributed by atoms with Crippen LogP contribution in [0.2, 0.25) is 0 Å². The maximum atomic E-state index is 14.0. The van der Waals surface area contributed by atoms with Crippen molar-refractivity contribution in [2.45, 2.75) is 32.7 Å². The Kier molecular flexibility index (Phi) is 10.8. The van der Waals surface area contributed by atoms with Crippen LogP contribution in [0.1, 0.15) is 6.42 Å². The van der Waals surface area contributed by atoms with Crippen LogP contribution < -0.4 is 10.0 Å². The van der Waals surface area contributed by atoms with Crippen LogP contribution in [0.25, 0.3) is 10.9 Å². The van der Waals surface area contributed by atoms with E-state index in [9.17, 15) is 30.0 Å². The van der Waals surface area contributed by atoms with Gasteiger partial charge >= 0.3 is 5.51 Å². The molecule has 0 bridgehead atoms. The van der Waals surface area contributed by atoms with Gasteiger partial charge in [0, 0.05) is 46.2 Å². The number of hydrogen-bond donors (Lipinski definition) is 2. The van der Waals surface area contributed by atoms with Gasteiger partial charge in [-0.3, -0.25) is 9.62 Å². The standard InChI is InChI=1S/C29H29BrF3N5O5S3/c30-20-6-8-24-26(16-20)34-19-35-28(24)37-46(41,42)23-7-9-25(27(17-23)45(39,40)29(31,32)33)36-21(10-11-38-12-14-43-15-13-38)18-44-22-4-2-1-3-5-22/h1-9,16-17,19,21,36H,10-15,18H2,(H,34,35,37)/t21-/m1/s1. The minimum Gasteiger partial charge on any atom is -0.380 e. The number of alkyl halides is 3. The van der Waals surface area contributed by atoms with Gasteiger partial charge in [0.25, 0.3) is 19.9 Å². The summed E-state index contributed by atoms with van der Waals surface area (Å²) in [6.07, 6.45) is 1.60. The van der Waals surface area contributed by atoms with Crippen molar-refractivity contribution in [3.63, 3.8) is 0 Å². The molecule has 0 aliphatic carbocycles. The molecule has 0 saturated carbocycles. The number of sulfone groups is 1. The first-order chi connectivity index (χ1) is 21.8. The van der Waals surface area contributed by atoms with Crippen LogP contribution in [0.15, 0.2) is 92.2 Å². The largest absolute Gasteiger partial charge is 0.501 e. The van der Waals surface area contributed by atoms with Gasteiger partial charge in [0.15, 0.2) is 5.82 Å². The van der Waals surface area contributed by atoms with Gasteiger partial charge in [0.2, 0.25) is 0 Å². The number of halogens is 4. The van der Waals surface area contributed by atoms with Crippen molar-refractivity contribution in [3.05, 3.63) is 77.5 Å². The zero-order valence-corrected chi connectivity index (χ0v) is 28.1. The summed E-state index contributed by atoms with van der Waals surface area (Å²) in [4.78, 5) is 9.29. The summed E-state index contributed by atoms with van der Waals surface area (Å²) in [5.41, 5.74) is -5.63. The molecule has 17 heteroatoms. The highest BCUT2D eigenvalue weighted by Gasteiger charge is 2.48. The number of aromatic nitrogens is 2. The summed E-state index contributed by atoms with van der Waals surface area (Å²) in [5.74, 6) is 0.277. The first-order valence-electron chi connectivity index (χ1n) is 14.0. The summed E-state index contributed by atoms with van der Waals surface area (Å²) in [5, 5.41) is 3.32. The van der Waals surface area contributed by atoms with Gasteiger partial charge in [0.05, 0.1) is 29.3 Å². The number of rotatable bonds is 12. The van der Waals surface area contributed by atoms with Crippen LogP contribution >= 0.6 is 27.7 Å². The Labute approximate surface area is 277 Å². The van der Waals surface area contributed by atoms with Crippen LogP contribution in [0.5, 0.6) is 0 Å². The van der Waals surface area contributed by atoms with E-state index in [1.54, 1.807) is 18.2 Å². The van der Waals surface area contributed by atoms with E-state index < -0.39 is 41.2 Å². The van der Waals surface area contributed by atoms with E-state index in [1.807, 2.05) is 30.3 Å². The molecule has 10 nitrogen and oxygen atoms in total. The second-order valence-corrected chi connectivity index (χ2v) is 15.9. The minimum absolute atomic E-state index is 0.124. The molecule has 1 atom stereocenters. The second-order valence-electron chi connectivity index (χ2n) is 10.3. The number of ether oxygens (including phenoxy) is 1. The minimum atomic E-state index is -5.97. The highest BCUT2D eigenvalue weighted by Crippen LogP contribution is 2.37. The molecule has 1 aliphatic heterocycles. The lowest BCUT2D eigenvalue weighted by Gasteiger charge is -2.29. The average Bonchev–Trinajstić information content (AvgIpc) is 3.02. The number of hydrogen-bond acceptors (Lipinski definition) is 10. The van der Waals surface area contributed by atoms with Crippen molar-refractivity contribution in [3.8, 4) is 0 Å². The Morgan fingerprint density at radius 3 is 2.43 bits per heavy atom. The molecule has 2 N–H and O–H groups in total. The predicted octanol–water partition coefficient (Wildman–Crippen LogP) is 5.78. The topological polar surface area (TPSA) is 131 Å². The van der Waals surface area contributed by atoms with Gasteiger partial charge in [-0.05, 0) is 55.0 Å². The van der Waals surface area contributed by atoms with Crippen molar-refractivity contribution >= 4 is 70.0 Å². The molecule has 246 valence electrons. The summed E-state index contributed by atoms with van der Waals surface area (Å²) in [6, 6.07) is 16.4. The lowest BCUT2D eigenvalue weighted by Crippen LogP contribution is -2.39. The van der Waals surface area contributed by atoms with E-state index in [0.717, 1.165) is 23.4 Å². The highest BCUT2D eigenvalue weighted by atomic mass is 79.9. The van der Waals surface area contributed by atoms with Gasteiger partial charge < -0.3 is 10.1 Å². The molecular formula is C29H29BrF3N5O5S3. The fraction of sp³-hybridized carbons (Fsp3) is 0.310. The number of nitrogens with one attached hydrogen (secondary N) is 2. The molecule has 3 aromatic carbocycles. The molecule has 0 amide bonds. The van der Waals surface area contributed by atoms with Gasteiger partial charge in [0.1, 0.15) is 11.2 Å². The van der Waals surface area contributed by atoms with Crippen LogP contribution in [-0.2, 0) is 24.6 Å². The van der Waals surface area contributed by atoms with E-state index in [0.29, 0.717) is 66.5 Å². The molecule has 1 fully saturated rings. The Balaban J connectivity index is 1.48. The maximum absolute atomic E-state index is 14.0. The second kappa shape index (κ2) is 14.4. The summed E-state index contributed by atoms with van der Waals surface area (Å²) < 4.78 is 103. The number of sulfonamides is 1. The molecular weight excluding hydrogens is 731 g/mol.